The van der Waals surface area contributed by atoms with Gasteiger partial charge in [0.25, 0.3) is 0 Å². The predicted octanol–water partition coefficient (Wildman–Crippen LogP) is 6.30. The van der Waals surface area contributed by atoms with Gasteiger partial charge in [0.15, 0.2) is 5.82 Å². The van der Waals surface area contributed by atoms with E-state index in [0.717, 1.165) is 76.8 Å². The number of likely N-dealkylation sites (tertiary alicyclic amines) is 2. The molecule has 0 bridgehead atoms. The molecule has 3 aromatic heterocycles. The number of carbonyl (C=O) groups is 2. The number of hydrogen-bond donors (Lipinski definition) is 3. The van der Waals surface area contributed by atoms with E-state index in [0.29, 0.717) is 66.5 Å². The number of aromatic hydroxyl groups is 1. The molecule has 6 aromatic rings. The minimum atomic E-state index is -0.989. The number of benzene rings is 3. The first-order chi connectivity index (χ1) is 33.7. The molecule has 3 aromatic carbocycles. The van der Waals surface area contributed by atoms with Crippen molar-refractivity contribution in [2.45, 2.75) is 94.7 Å². The van der Waals surface area contributed by atoms with Gasteiger partial charge in [-0.2, -0.15) is 9.97 Å². The first-order valence-electron chi connectivity index (χ1n) is 24.6. The van der Waals surface area contributed by atoms with E-state index in [9.17, 15) is 24.6 Å². The topological polar surface area (TPSA) is 171 Å². The van der Waals surface area contributed by atoms with E-state index in [4.69, 9.17) is 16.1 Å². The molecule has 0 spiro atoms. The van der Waals surface area contributed by atoms with Crippen LogP contribution in [0.3, 0.4) is 0 Å². The Morgan fingerprint density at radius 1 is 0.943 bits per heavy atom. The number of phenols is 1. The summed E-state index contributed by atoms with van der Waals surface area (Å²) in [6, 6.07) is 11.4. The summed E-state index contributed by atoms with van der Waals surface area (Å²) in [6.07, 6.45) is 15.2. The van der Waals surface area contributed by atoms with E-state index >= 15 is 8.78 Å². The number of rotatable bonds is 10. The number of imidazole rings is 1. The average molecular weight is 954 g/mol. The van der Waals surface area contributed by atoms with Crippen molar-refractivity contribution in [3.63, 3.8) is 0 Å². The van der Waals surface area contributed by atoms with E-state index in [1.165, 1.54) is 40.6 Å². The Labute approximate surface area is 403 Å². The number of carbonyl (C=O) groups excluding carboxylic acids is 2. The van der Waals surface area contributed by atoms with Crippen LogP contribution in [0.2, 0.25) is 0 Å². The lowest BCUT2D eigenvalue weighted by atomic mass is 9.87. The number of aryl methyl sites for hydroxylation is 1. The molecule has 4 saturated heterocycles. The zero-order valence-corrected chi connectivity index (χ0v) is 39.5. The molecule has 1 unspecified atom stereocenters. The number of halogens is 2. The molecule has 5 fully saturated rings. The van der Waals surface area contributed by atoms with Gasteiger partial charge in [0.05, 0.1) is 34.2 Å². The van der Waals surface area contributed by atoms with Crippen LogP contribution in [0.25, 0.3) is 44.0 Å². The fourth-order valence-electron chi connectivity index (χ4n) is 11.8. The van der Waals surface area contributed by atoms with Crippen LogP contribution in [0.1, 0.15) is 94.2 Å². The molecule has 364 valence electrons. The number of imide groups is 1. The maximum atomic E-state index is 17.1. The zero-order valence-electron chi connectivity index (χ0n) is 39.5. The van der Waals surface area contributed by atoms with Gasteiger partial charge in [-0.1, -0.05) is 18.1 Å². The Morgan fingerprint density at radius 2 is 1.73 bits per heavy atom. The fourth-order valence-corrected chi connectivity index (χ4v) is 11.8. The van der Waals surface area contributed by atoms with Crippen molar-refractivity contribution in [1.29, 1.82) is 0 Å². The van der Waals surface area contributed by atoms with Crippen LogP contribution < -0.4 is 20.6 Å². The van der Waals surface area contributed by atoms with Gasteiger partial charge in [0.1, 0.15) is 34.6 Å². The van der Waals surface area contributed by atoms with Crippen molar-refractivity contribution in [3.8, 4) is 35.4 Å². The quantitative estimate of drug-likeness (QED) is 0.104. The molecule has 11 rings (SSSR count). The summed E-state index contributed by atoms with van der Waals surface area (Å²) in [5, 5.41) is 25.2. The second-order valence-electron chi connectivity index (χ2n) is 20.7. The molecule has 70 heavy (non-hydrogen) atoms. The van der Waals surface area contributed by atoms with E-state index in [-0.39, 0.29) is 69.5 Å². The predicted molar refractivity (Wildman–Crippen MR) is 261 cm³/mol. The highest BCUT2D eigenvalue weighted by molar-refractivity contribution is 6.03. The van der Waals surface area contributed by atoms with Crippen LogP contribution in [0.4, 0.5) is 14.6 Å². The van der Waals surface area contributed by atoms with Gasteiger partial charge in [0.2, 0.25) is 11.8 Å². The largest absolute Gasteiger partial charge is 0.508 e. The van der Waals surface area contributed by atoms with Crippen LogP contribution in [0.5, 0.6) is 11.8 Å². The molecule has 3 N–H and O–H groups in total. The SMILES string of the molecule is C#Cc1c(F)ccc2cc(O)cc(-c3ncc4c(N5CCC[C@@](C)(O)C5)nc(OCC5(CN6CCC(N7CCC(c8ccc9c(c8)n(C)c(=O)n9C8CCC(=O)NC8=O)CC7)CC6)CC5)nc4c3F)c12. The van der Waals surface area contributed by atoms with Crippen LogP contribution in [-0.4, -0.2) is 120 Å². The number of hydrogen-bond acceptors (Lipinski definition) is 12. The van der Waals surface area contributed by atoms with Gasteiger partial charge in [-0.15, -0.1) is 6.42 Å². The summed E-state index contributed by atoms with van der Waals surface area (Å²) in [5.41, 5.74) is 1.22. The Morgan fingerprint density at radius 3 is 2.46 bits per heavy atom. The van der Waals surface area contributed by atoms with Crippen LogP contribution in [0.15, 0.2) is 53.5 Å². The highest BCUT2D eigenvalue weighted by Crippen LogP contribution is 2.47. The van der Waals surface area contributed by atoms with E-state index in [2.05, 4.69) is 43.1 Å². The molecule has 0 radical (unpaired) electrons. The van der Waals surface area contributed by atoms with Crippen molar-refractivity contribution >= 4 is 50.3 Å². The lowest BCUT2D eigenvalue weighted by Gasteiger charge is -2.42. The third kappa shape index (κ3) is 8.43. The smallest absolute Gasteiger partial charge is 0.329 e. The van der Waals surface area contributed by atoms with Crippen molar-refractivity contribution < 1.29 is 33.3 Å². The second kappa shape index (κ2) is 17.7. The maximum Gasteiger partial charge on any atom is 0.329 e. The monoisotopic (exact) mass is 953 g/mol. The maximum absolute atomic E-state index is 17.1. The first-order valence-corrected chi connectivity index (χ1v) is 24.6. The highest BCUT2D eigenvalue weighted by Gasteiger charge is 2.46. The van der Waals surface area contributed by atoms with Gasteiger partial charge in [0, 0.05) is 61.7 Å². The number of anilines is 1. The molecule has 2 amide bonds. The molecule has 1 aliphatic carbocycles. The Balaban J connectivity index is 0.757. The number of β-amino-alcohol motifs (C(OH)–C–C–N with tert-alkyl or cyclic N) is 1. The summed E-state index contributed by atoms with van der Waals surface area (Å²) in [7, 11) is 1.74. The molecule has 2 atom stereocenters. The number of terminal acetylenes is 1. The van der Waals surface area contributed by atoms with Gasteiger partial charge < -0.3 is 29.6 Å². The van der Waals surface area contributed by atoms with Gasteiger partial charge in [-0.3, -0.25) is 29.0 Å². The van der Waals surface area contributed by atoms with Gasteiger partial charge >= 0.3 is 11.7 Å². The molecule has 4 aliphatic heterocycles. The number of phenolic OH excluding ortho intramolecular Hbond substituents is 1. The number of amides is 2. The normalized spacial score (nSPS) is 22.7. The van der Waals surface area contributed by atoms with Crippen molar-refractivity contribution in [3.05, 3.63) is 81.9 Å². The number of ether oxygens (including phenoxy) is 1. The first kappa shape index (κ1) is 45.9. The van der Waals surface area contributed by atoms with Gasteiger partial charge in [-0.05, 0) is 138 Å². The van der Waals surface area contributed by atoms with E-state index in [1.807, 2.05) is 11.0 Å². The van der Waals surface area contributed by atoms with Crippen molar-refractivity contribution in [2.75, 3.05) is 57.3 Å². The third-order valence-corrected chi connectivity index (χ3v) is 15.8. The number of aromatic nitrogens is 5. The third-order valence-electron chi connectivity index (χ3n) is 15.8. The minimum absolute atomic E-state index is 0.0165. The molecular formula is C53H57F2N9O6. The Kier molecular flexibility index (Phi) is 11.6. The summed E-state index contributed by atoms with van der Waals surface area (Å²) in [5.74, 6) is 0.808. The Hall–Kier alpha value is -6.48. The molecule has 5 aliphatic rings. The zero-order chi connectivity index (χ0) is 48.6. The lowest BCUT2D eigenvalue weighted by Crippen LogP contribution is -2.48. The molecule has 15 nitrogen and oxygen atoms in total. The van der Waals surface area contributed by atoms with Crippen molar-refractivity contribution in [1.82, 2.24) is 39.2 Å². The summed E-state index contributed by atoms with van der Waals surface area (Å²) >= 11 is 0. The Bertz CT molecular complexity index is 3200. The molecule has 17 heteroatoms. The summed E-state index contributed by atoms with van der Waals surface area (Å²) in [6.45, 7) is 7.79. The average Bonchev–Trinajstić information content (AvgIpc) is 4.07. The second-order valence-corrected chi connectivity index (χ2v) is 20.7. The van der Waals surface area contributed by atoms with Crippen LogP contribution in [-0.2, 0) is 16.6 Å². The summed E-state index contributed by atoms with van der Waals surface area (Å²) < 4.78 is 41.7. The van der Waals surface area contributed by atoms with E-state index < -0.39 is 29.2 Å². The molecule has 7 heterocycles. The van der Waals surface area contributed by atoms with E-state index in [1.54, 1.807) is 18.5 Å². The standard InChI is InChI=1S/C53H57F2N9O6/c1-4-36-39(54)8-6-33-24-35(65)26-37(44(33)36)46-45(55)47-38(27-56-46)48(63-19-5-16-52(2,69)28-63)59-50(58-47)70-30-53(17-18-53)29-61-20-14-34(15-21-61)62-22-12-31(13-23-62)32-7-9-40-42(25-32)60(3)51(68)64(40)41-10-11-43(66)57-49(41)67/h1,6-9,24-27,31,34,41,65,69H,5,10-23,28-30H2,2-3H3,(H,57,66,67)/t41?,52-/m1/s1. The number of piperidine rings is 4. The molecule has 1 saturated carbocycles. The number of fused-ring (bicyclic) bond motifs is 3. The van der Waals surface area contributed by atoms with Gasteiger partial charge in [-0.25, -0.2) is 13.6 Å². The summed E-state index contributed by atoms with van der Waals surface area (Å²) in [4.78, 5) is 58.9. The molecular weight excluding hydrogens is 897 g/mol. The number of nitrogens with zero attached hydrogens (tertiary/aromatic N) is 8. The fraction of sp³-hybridized carbons (Fsp3) is 0.472. The highest BCUT2D eigenvalue weighted by atomic mass is 19.1. The van der Waals surface area contributed by atoms with Crippen LogP contribution in [0, 0.1) is 29.4 Å². The number of aliphatic hydroxyl groups is 1. The van der Waals surface area contributed by atoms with Crippen molar-refractivity contribution in [2.24, 2.45) is 12.5 Å². The number of pyridine rings is 1. The number of nitrogens with one attached hydrogen (secondary N) is 1. The minimum Gasteiger partial charge on any atom is -0.508 e. The van der Waals surface area contributed by atoms with Crippen LogP contribution >= 0.6 is 0 Å². The lowest BCUT2D eigenvalue weighted by molar-refractivity contribution is -0.135.